The fourth-order valence-electron chi connectivity index (χ4n) is 2.09. The molecule has 0 spiro atoms. The lowest BCUT2D eigenvalue weighted by atomic mass is 10.2. The zero-order valence-electron chi connectivity index (χ0n) is 13.9. The molecule has 0 fully saturated rings. The third-order valence-electron chi connectivity index (χ3n) is 3.43. The second-order valence-electron chi connectivity index (χ2n) is 6.40. The van der Waals surface area contributed by atoms with E-state index in [-0.39, 0.29) is 5.91 Å². The third-order valence-corrected chi connectivity index (χ3v) is 5.81. The monoisotopic (exact) mass is 295 g/mol. The van der Waals surface area contributed by atoms with E-state index in [2.05, 4.69) is 44.5 Å². The summed E-state index contributed by atoms with van der Waals surface area (Å²) in [5, 5.41) is 4.65. The maximum absolute atomic E-state index is 11.5. The fourth-order valence-corrected chi connectivity index (χ4v) is 3.78. The van der Waals surface area contributed by atoms with Gasteiger partial charge in [0.1, 0.15) is 0 Å². The molecule has 20 heavy (non-hydrogen) atoms. The molecule has 0 aromatic heterocycles. The van der Waals surface area contributed by atoms with Gasteiger partial charge in [0.15, 0.2) is 0 Å². The van der Waals surface area contributed by atoms with Crippen LogP contribution in [0, 0.1) is 0 Å². The lowest BCUT2D eigenvalue weighted by Gasteiger charge is -2.21. The fraction of sp³-hybridized carbons (Fsp3) is 0.706. The van der Waals surface area contributed by atoms with Gasteiger partial charge in [-0.2, -0.15) is 0 Å². The summed E-state index contributed by atoms with van der Waals surface area (Å²) in [6, 6.07) is 0. The number of rotatable bonds is 11. The van der Waals surface area contributed by atoms with E-state index in [1.807, 2.05) is 0 Å². The molecular formula is C17H33NOSi. The first kappa shape index (κ1) is 19.2. The van der Waals surface area contributed by atoms with Gasteiger partial charge in [0.05, 0.1) is 8.07 Å². The van der Waals surface area contributed by atoms with Gasteiger partial charge in [0.25, 0.3) is 0 Å². The molecule has 1 amide bonds. The number of unbranched alkanes of at least 4 members (excludes halogenated alkanes) is 2. The van der Waals surface area contributed by atoms with Crippen LogP contribution in [0.1, 0.15) is 51.9 Å². The first-order valence-corrected chi connectivity index (χ1v) is 11.5. The molecule has 2 nitrogen and oxygen atoms in total. The van der Waals surface area contributed by atoms with Crippen molar-refractivity contribution < 1.29 is 4.79 Å². The minimum absolute atomic E-state index is 0.148. The Labute approximate surface area is 126 Å². The van der Waals surface area contributed by atoms with Crippen LogP contribution in [0.15, 0.2) is 23.9 Å². The van der Waals surface area contributed by atoms with Gasteiger partial charge in [0.2, 0.25) is 5.91 Å². The molecule has 0 saturated carbocycles. The quantitative estimate of drug-likeness (QED) is 0.330. The average Bonchev–Trinajstić information content (AvgIpc) is 2.37. The second kappa shape index (κ2) is 10.9. The Balaban J connectivity index is 4.05. The SMILES string of the molecule is C=CCCC(=O)NCCC/C(=C/CCCC)[Si](C)(C)C. The van der Waals surface area contributed by atoms with E-state index >= 15 is 0 Å². The molecule has 3 heteroatoms. The molecule has 0 heterocycles. The smallest absolute Gasteiger partial charge is 0.220 e. The molecule has 0 aliphatic rings. The Morgan fingerprint density at radius 1 is 1.15 bits per heavy atom. The third kappa shape index (κ3) is 10.0. The van der Waals surface area contributed by atoms with Gasteiger partial charge in [-0.15, -0.1) is 6.58 Å². The maximum Gasteiger partial charge on any atom is 0.220 e. The van der Waals surface area contributed by atoms with E-state index in [9.17, 15) is 4.79 Å². The van der Waals surface area contributed by atoms with Gasteiger partial charge in [-0.05, 0) is 25.7 Å². The summed E-state index contributed by atoms with van der Waals surface area (Å²) in [4.78, 5) is 11.5. The van der Waals surface area contributed by atoms with Crippen molar-refractivity contribution in [3.05, 3.63) is 23.9 Å². The van der Waals surface area contributed by atoms with Crippen LogP contribution in [0.5, 0.6) is 0 Å². The van der Waals surface area contributed by atoms with Crippen molar-refractivity contribution in [3.8, 4) is 0 Å². The number of nitrogens with one attached hydrogen (secondary N) is 1. The molecule has 0 aliphatic carbocycles. The predicted molar refractivity (Wildman–Crippen MR) is 92.6 cm³/mol. The Morgan fingerprint density at radius 2 is 1.85 bits per heavy atom. The molecule has 0 aromatic carbocycles. The molecule has 0 radical (unpaired) electrons. The minimum atomic E-state index is -1.20. The van der Waals surface area contributed by atoms with Crippen LogP contribution >= 0.6 is 0 Å². The van der Waals surface area contributed by atoms with Crippen molar-refractivity contribution in [2.24, 2.45) is 0 Å². The van der Waals surface area contributed by atoms with Crippen molar-refractivity contribution in [2.75, 3.05) is 6.54 Å². The van der Waals surface area contributed by atoms with E-state index in [0.29, 0.717) is 6.42 Å². The normalized spacial score (nSPS) is 12.3. The Bertz CT molecular complexity index is 315. The second-order valence-corrected chi connectivity index (χ2v) is 11.5. The largest absolute Gasteiger partial charge is 0.356 e. The van der Waals surface area contributed by atoms with E-state index < -0.39 is 8.07 Å². The van der Waals surface area contributed by atoms with Gasteiger partial charge in [-0.25, -0.2) is 0 Å². The molecular weight excluding hydrogens is 262 g/mol. The summed E-state index contributed by atoms with van der Waals surface area (Å²) in [5.74, 6) is 0.148. The number of carbonyl (C=O) groups excluding carboxylic acids is 1. The van der Waals surface area contributed by atoms with Crippen LogP contribution < -0.4 is 5.32 Å². The molecule has 1 N–H and O–H groups in total. The summed E-state index contributed by atoms with van der Waals surface area (Å²) < 4.78 is 0. The summed E-state index contributed by atoms with van der Waals surface area (Å²) in [5.41, 5.74) is 0. The lowest BCUT2D eigenvalue weighted by molar-refractivity contribution is -0.121. The summed E-state index contributed by atoms with van der Waals surface area (Å²) in [6.07, 6.45) is 11.5. The van der Waals surface area contributed by atoms with Crippen molar-refractivity contribution in [1.29, 1.82) is 0 Å². The number of hydrogen-bond acceptors (Lipinski definition) is 1. The summed E-state index contributed by atoms with van der Waals surface area (Å²) in [7, 11) is -1.20. The molecule has 0 aromatic rings. The molecule has 0 unspecified atom stereocenters. The maximum atomic E-state index is 11.5. The van der Waals surface area contributed by atoms with Crippen molar-refractivity contribution in [1.82, 2.24) is 5.32 Å². The molecule has 0 aliphatic heterocycles. The number of carbonyl (C=O) groups is 1. The van der Waals surface area contributed by atoms with Crippen molar-refractivity contribution in [2.45, 2.75) is 71.5 Å². The summed E-state index contributed by atoms with van der Waals surface area (Å²) in [6.45, 7) is 13.9. The van der Waals surface area contributed by atoms with E-state index in [1.165, 1.54) is 19.3 Å². The van der Waals surface area contributed by atoms with Crippen LogP contribution in [0.2, 0.25) is 19.6 Å². The van der Waals surface area contributed by atoms with Gasteiger partial charge in [-0.3, -0.25) is 4.79 Å². The van der Waals surface area contributed by atoms with Crippen LogP contribution in [-0.2, 0) is 4.79 Å². The molecule has 0 rings (SSSR count). The van der Waals surface area contributed by atoms with Gasteiger partial charge >= 0.3 is 0 Å². The first-order chi connectivity index (χ1) is 9.41. The predicted octanol–water partition coefficient (Wildman–Crippen LogP) is 4.84. The summed E-state index contributed by atoms with van der Waals surface area (Å²) >= 11 is 0. The van der Waals surface area contributed by atoms with Crippen molar-refractivity contribution in [3.63, 3.8) is 0 Å². The topological polar surface area (TPSA) is 29.1 Å². The minimum Gasteiger partial charge on any atom is -0.356 e. The van der Waals surface area contributed by atoms with E-state index in [1.54, 1.807) is 11.3 Å². The number of hydrogen-bond donors (Lipinski definition) is 1. The van der Waals surface area contributed by atoms with Gasteiger partial charge in [0, 0.05) is 13.0 Å². The Kier molecular flexibility index (Phi) is 10.4. The standard InChI is InChI=1S/C17H33NOSi/c1-6-8-10-12-16(20(3,4)5)13-11-15-18-17(19)14-9-7-2/h7,12H,2,6,8-11,13-15H2,1,3-5H3,(H,18,19)/b16-12-. The zero-order chi connectivity index (χ0) is 15.4. The highest BCUT2D eigenvalue weighted by atomic mass is 28.3. The Morgan fingerprint density at radius 3 is 2.40 bits per heavy atom. The van der Waals surface area contributed by atoms with Crippen LogP contribution in [0.4, 0.5) is 0 Å². The van der Waals surface area contributed by atoms with Crippen LogP contribution in [0.25, 0.3) is 0 Å². The zero-order valence-corrected chi connectivity index (χ0v) is 14.9. The Hall–Kier alpha value is -0.833. The van der Waals surface area contributed by atoms with E-state index in [0.717, 1.165) is 25.8 Å². The molecule has 0 saturated heterocycles. The van der Waals surface area contributed by atoms with Crippen LogP contribution in [-0.4, -0.2) is 20.5 Å². The number of amides is 1. The molecule has 116 valence electrons. The van der Waals surface area contributed by atoms with Gasteiger partial charge in [-0.1, -0.05) is 56.8 Å². The lowest BCUT2D eigenvalue weighted by Crippen LogP contribution is -2.27. The van der Waals surface area contributed by atoms with Gasteiger partial charge < -0.3 is 5.32 Å². The highest BCUT2D eigenvalue weighted by Crippen LogP contribution is 2.20. The van der Waals surface area contributed by atoms with E-state index in [4.69, 9.17) is 0 Å². The highest BCUT2D eigenvalue weighted by molar-refractivity contribution is 6.83. The van der Waals surface area contributed by atoms with Crippen molar-refractivity contribution >= 4 is 14.0 Å². The number of allylic oxidation sites excluding steroid dienone is 3. The molecule has 0 bridgehead atoms. The molecule has 0 atom stereocenters. The average molecular weight is 296 g/mol. The highest BCUT2D eigenvalue weighted by Gasteiger charge is 2.18. The van der Waals surface area contributed by atoms with Crippen LogP contribution in [0.3, 0.4) is 0 Å². The first-order valence-electron chi connectivity index (χ1n) is 7.99.